The summed E-state index contributed by atoms with van der Waals surface area (Å²) in [5, 5.41) is 12.7. The number of rotatable bonds is 3. The Balaban J connectivity index is 2.34. The van der Waals surface area contributed by atoms with Crippen molar-refractivity contribution >= 4 is 16.9 Å². The van der Waals surface area contributed by atoms with Gasteiger partial charge >= 0.3 is 0 Å². The fraction of sp³-hybridized carbons (Fsp3) is 0.333. The Morgan fingerprint density at radius 2 is 2.29 bits per heavy atom. The van der Waals surface area contributed by atoms with Crippen LogP contribution in [0.25, 0.3) is 11.0 Å². The first kappa shape index (κ1) is 11.6. The number of nitrogens with zero attached hydrogens (tertiary/aromatic N) is 1. The van der Waals surface area contributed by atoms with Gasteiger partial charge in [-0.15, -0.1) is 0 Å². The molecule has 0 bridgehead atoms. The third-order valence-electron chi connectivity index (χ3n) is 2.55. The van der Waals surface area contributed by atoms with Crippen LogP contribution in [0.15, 0.2) is 24.5 Å². The van der Waals surface area contributed by atoms with Crippen LogP contribution in [0.1, 0.15) is 24.2 Å². The summed E-state index contributed by atoms with van der Waals surface area (Å²) in [4.78, 5) is 19.1. The van der Waals surface area contributed by atoms with Crippen molar-refractivity contribution in [3.05, 3.63) is 30.1 Å². The zero-order valence-electron chi connectivity index (χ0n) is 9.82. The highest BCUT2D eigenvalue weighted by molar-refractivity contribution is 6.05. The van der Waals surface area contributed by atoms with E-state index in [0.717, 1.165) is 5.39 Å². The van der Waals surface area contributed by atoms with Crippen LogP contribution in [0, 0.1) is 0 Å². The number of pyridine rings is 1. The van der Waals surface area contributed by atoms with Crippen molar-refractivity contribution in [1.29, 1.82) is 0 Å². The van der Waals surface area contributed by atoms with Crippen molar-refractivity contribution in [1.82, 2.24) is 15.3 Å². The van der Waals surface area contributed by atoms with Crippen LogP contribution in [0.2, 0.25) is 0 Å². The highest BCUT2D eigenvalue weighted by atomic mass is 16.3. The molecule has 0 saturated heterocycles. The highest BCUT2D eigenvalue weighted by Crippen LogP contribution is 2.15. The zero-order valence-corrected chi connectivity index (χ0v) is 9.82. The molecule has 0 fully saturated rings. The molecule has 0 spiro atoms. The van der Waals surface area contributed by atoms with Gasteiger partial charge in [-0.25, -0.2) is 4.98 Å². The molecule has 2 heterocycles. The van der Waals surface area contributed by atoms with Crippen LogP contribution >= 0.6 is 0 Å². The molecule has 2 rings (SSSR count). The van der Waals surface area contributed by atoms with Gasteiger partial charge in [-0.3, -0.25) is 4.79 Å². The Hall–Kier alpha value is -1.88. The summed E-state index contributed by atoms with van der Waals surface area (Å²) < 4.78 is 0. The maximum absolute atomic E-state index is 12.1. The molecule has 0 atom stereocenters. The minimum Gasteiger partial charge on any atom is -0.394 e. The first-order chi connectivity index (χ1) is 8.03. The Labute approximate surface area is 98.9 Å². The maximum Gasteiger partial charge on any atom is 0.252 e. The van der Waals surface area contributed by atoms with Gasteiger partial charge in [0.1, 0.15) is 5.65 Å². The number of amides is 1. The van der Waals surface area contributed by atoms with Gasteiger partial charge in [-0.2, -0.15) is 0 Å². The van der Waals surface area contributed by atoms with Crippen LogP contribution in [0.3, 0.4) is 0 Å². The molecule has 1 amide bonds. The largest absolute Gasteiger partial charge is 0.394 e. The molecule has 2 aromatic rings. The lowest BCUT2D eigenvalue weighted by Gasteiger charge is -2.23. The molecule has 0 unspecified atom stereocenters. The van der Waals surface area contributed by atoms with Crippen LogP contribution < -0.4 is 5.32 Å². The number of aliphatic hydroxyl groups is 1. The average Bonchev–Trinajstić information content (AvgIpc) is 2.76. The number of aliphatic hydroxyl groups excluding tert-OH is 1. The Morgan fingerprint density at radius 1 is 1.53 bits per heavy atom. The SMILES string of the molecule is CC(C)(CO)NC(=O)c1ccnc2[nH]ccc12. The van der Waals surface area contributed by atoms with Crippen LogP contribution in [-0.4, -0.2) is 33.1 Å². The molecule has 17 heavy (non-hydrogen) atoms. The number of aromatic nitrogens is 2. The van der Waals surface area contributed by atoms with E-state index in [1.54, 1.807) is 32.3 Å². The fourth-order valence-corrected chi connectivity index (χ4v) is 1.57. The number of hydrogen-bond acceptors (Lipinski definition) is 3. The molecule has 3 N–H and O–H groups in total. The van der Waals surface area contributed by atoms with Crippen molar-refractivity contribution in [3.63, 3.8) is 0 Å². The first-order valence-corrected chi connectivity index (χ1v) is 5.39. The van der Waals surface area contributed by atoms with E-state index in [2.05, 4.69) is 15.3 Å². The summed E-state index contributed by atoms with van der Waals surface area (Å²) in [6.45, 7) is 3.42. The molecule has 0 aliphatic carbocycles. The summed E-state index contributed by atoms with van der Waals surface area (Å²) in [5.41, 5.74) is 0.598. The van der Waals surface area contributed by atoms with Gasteiger partial charge in [0.25, 0.3) is 5.91 Å². The Morgan fingerprint density at radius 3 is 3.00 bits per heavy atom. The quantitative estimate of drug-likeness (QED) is 0.741. The van der Waals surface area contributed by atoms with Crippen molar-refractivity contribution in [2.75, 3.05) is 6.61 Å². The summed E-state index contributed by atoms with van der Waals surface area (Å²) in [7, 11) is 0. The van der Waals surface area contributed by atoms with E-state index in [1.165, 1.54) is 0 Å². The van der Waals surface area contributed by atoms with Gasteiger partial charge in [0, 0.05) is 17.8 Å². The monoisotopic (exact) mass is 233 g/mol. The van der Waals surface area contributed by atoms with Crippen LogP contribution in [0.5, 0.6) is 0 Å². The third kappa shape index (κ3) is 2.29. The normalized spacial score (nSPS) is 11.7. The number of carbonyl (C=O) groups excluding carboxylic acids is 1. The molecule has 5 nitrogen and oxygen atoms in total. The number of fused-ring (bicyclic) bond motifs is 1. The van der Waals surface area contributed by atoms with Crippen molar-refractivity contribution in [2.24, 2.45) is 0 Å². The predicted molar refractivity (Wildman–Crippen MR) is 64.7 cm³/mol. The van der Waals surface area contributed by atoms with E-state index in [9.17, 15) is 4.79 Å². The Bertz CT molecular complexity index is 545. The lowest BCUT2D eigenvalue weighted by molar-refractivity contribution is 0.0871. The van der Waals surface area contributed by atoms with E-state index in [0.29, 0.717) is 11.2 Å². The molecular weight excluding hydrogens is 218 g/mol. The lowest BCUT2D eigenvalue weighted by atomic mass is 10.1. The number of H-pyrrole nitrogens is 1. The molecular formula is C12H15N3O2. The summed E-state index contributed by atoms with van der Waals surface area (Å²) in [6, 6.07) is 3.47. The maximum atomic E-state index is 12.1. The number of aromatic amines is 1. The fourth-order valence-electron chi connectivity index (χ4n) is 1.57. The topological polar surface area (TPSA) is 78.0 Å². The van der Waals surface area contributed by atoms with E-state index >= 15 is 0 Å². The second-order valence-corrected chi connectivity index (χ2v) is 4.59. The second-order valence-electron chi connectivity index (χ2n) is 4.59. The number of nitrogens with one attached hydrogen (secondary N) is 2. The molecule has 5 heteroatoms. The average molecular weight is 233 g/mol. The van der Waals surface area contributed by atoms with Crippen LogP contribution in [0.4, 0.5) is 0 Å². The highest BCUT2D eigenvalue weighted by Gasteiger charge is 2.21. The van der Waals surface area contributed by atoms with Gasteiger partial charge in [0.15, 0.2) is 0 Å². The number of carbonyl (C=O) groups is 1. The molecule has 0 radical (unpaired) electrons. The van der Waals surface area contributed by atoms with E-state index < -0.39 is 5.54 Å². The van der Waals surface area contributed by atoms with Crippen molar-refractivity contribution in [2.45, 2.75) is 19.4 Å². The second kappa shape index (κ2) is 4.18. The minimum absolute atomic E-state index is 0.111. The smallest absolute Gasteiger partial charge is 0.252 e. The number of hydrogen-bond donors (Lipinski definition) is 3. The Kier molecular flexibility index (Phi) is 2.85. The first-order valence-electron chi connectivity index (χ1n) is 5.39. The molecule has 2 aromatic heterocycles. The molecule has 0 saturated carbocycles. The van der Waals surface area contributed by atoms with Gasteiger partial charge in [0.05, 0.1) is 17.7 Å². The minimum atomic E-state index is -0.636. The van der Waals surface area contributed by atoms with Gasteiger partial charge in [-0.1, -0.05) is 0 Å². The molecule has 0 aliphatic rings. The van der Waals surface area contributed by atoms with E-state index in [1.807, 2.05) is 6.07 Å². The van der Waals surface area contributed by atoms with Crippen molar-refractivity contribution < 1.29 is 9.90 Å². The van der Waals surface area contributed by atoms with Crippen LogP contribution in [-0.2, 0) is 0 Å². The van der Waals surface area contributed by atoms with Gasteiger partial charge in [-0.05, 0) is 26.0 Å². The van der Waals surface area contributed by atoms with E-state index in [-0.39, 0.29) is 12.5 Å². The van der Waals surface area contributed by atoms with Gasteiger partial charge < -0.3 is 15.4 Å². The summed E-state index contributed by atoms with van der Waals surface area (Å²) in [5.74, 6) is -0.212. The van der Waals surface area contributed by atoms with Gasteiger partial charge in [0.2, 0.25) is 0 Å². The standard InChI is InChI=1S/C12H15N3O2/c1-12(2,7-16)15-11(17)9-4-6-14-10-8(9)3-5-13-10/h3-6,16H,7H2,1-2H3,(H,13,14)(H,15,17). The molecule has 0 aromatic carbocycles. The summed E-state index contributed by atoms with van der Waals surface area (Å²) in [6.07, 6.45) is 3.32. The van der Waals surface area contributed by atoms with E-state index in [4.69, 9.17) is 5.11 Å². The predicted octanol–water partition coefficient (Wildman–Crippen LogP) is 1.06. The molecule has 0 aliphatic heterocycles. The lowest BCUT2D eigenvalue weighted by Crippen LogP contribution is -2.46. The summed E-state index contributed by atoms with van der Waals surface area (Å²) >= 11 is 0. The van der Waals surface area contributed by atoms with Crippen molar-refractivity contribution in [3.8, 4) is 0 Å². The molecule has 90 valence electrons. The zero-order chi connectivity index (χ0) is 12.5. The third-order valence-corrected chi connectivity index (χ3v) is 2.55.